The van der Waals surface area contributed by atoms with Crippen LogP contribution in [0.15, 0.2) is 0 Å². The molecule has 0 aliphatic carbocycles. The molecule has 4 rings (SSSR count). The van der Waals surface area contributed by atoms with Crippen molar-refractivity contribution in [3.8, 4) is 0 Å². The fraction of sp³-hybridized carbons (Fsp3) is 0.778. The zero-order valence-electron chi connectivity index (χ0n) is 24.9. The lowest BCUT2D eigenvalue weighted by Crippen LogP contribution is -2.30. The van der Waals surface area contributed by atoms with Crippen molar-refractivity contribution in [3.05, 3.63) is 33.4 Å². The number of hydrogen-bond acceptors (Lipinski definition) is 9. The van der Waals surface area contributed by atoms with Crippen LogP contribution >= 0.6 is 22.8 Å². The van der Waals surface area contributed by atoms with Crippen molar-refractivity contribution in [2.24, 2.45) is 16.2 Å². The van der Waals surface area contributed by atoms with Gasteiger partial charge in [0.1, 0.15) is 0 Å². The van der Waals surface area contributed by atoms with E-state index in [4.69, 9.17) is 27.1 Å². The zero-order chi connectivity index (χ0) is 29.1. The molecule has 0 radical (unpaired) electrons. The van der Waals surface area contributed by atoms with E-state index in [0.717, 1.165) is 33.4 Å². The fourth-order valence-corrected chi connectivity index (χ4v) is 11.5. The topological polar surface area (TPSA) is 107 Å². The van der Waals surface area contributed by atoms with Crippen LogP contribution in [0.4, 0.5) is 0 Å². The van der Waals surface area contributed by atoms with E-state index in [0.29, 0.717) is 39.6 Å². The Kier molecular flexibility index (Phi) is 8.70. The van der Waals surface area contributed by atoms with Crippen LogP contribution in [0.1, 0.15) is 74.9 Å². The molecule has 0 amide bonds. The van der Waals surface area contributed by atoms with Crippen LogP contribution in [0.25, 0.3) is 0 Å². The van der Waals surface area contributed by atoms with Gasteiger partial charge in [0.2, 0.25) is 0 Å². The summed E-state index contributed by atoms with van der Waals surface area (Å²) in [4.78, 5) is 0. The van der Waals surface area contributed by atoms with Gasteiger partial charge in [0.15, 0.2) is 0 Å². The van der Waals surface area contributed by atoms with Gasteiger partial charge in [-0.1, -0.05) is 41.5 Å². The quantitative estimate of drug-likeness (QED) is 0.299. The summed E-state index contributed by atoms with van der Waals surface area (Å²) in [6.45, 7) is 19.7. The molecule has 3 heterocycles. The fourth-order valence-electron chi connectivity index (χ4n) is 4.83. The van der Waals surface area contributed by atoms with Gasteiger partial charge >= 0.3 is 22.8 Å². The molecule has 3 aliphatic rings. The third-order valence-corrected chi connectivity index (χ3v) is 12.9. The highest BCUT2D eigenvalue weighted by atomic mass is 31.2. The standard InChI is InChI=1S/C27H45O9P3/c1-19-22(10-37(28)31-13-25(4,5)14-32-37)20(2)24(12-39(30)35-17-27(8,9)18-36-39)21(3)23(19)11-38(29)33-15-26(6,7)16-34-38/h10-18H2,1-9H3. The van der Waals surface area contributed by atoms with E-state index in [1.54, 1.807) is 0 Å². The monoisotopic (exact) mass is 606 g/mol. The Morgan fingerprint density at radius 3 is 0.821 bits per heavy atom. The molecule has 1 aromatic rings. The Balaban J connectivity index is 1.74. The predicted molar refractivity (Wildman–Crippen MR) is 152 cm³/mol. The van der Waals surface area contributed by atoms with Crippen molar-refractivity contribution in [3.63, 3.8) is 0 Å². The minimum atomic E-state index is -3.44. The minimum absolute atomic E-state index is 0.0547. The molecule has 222 valence electrons. The SMILES string of the molecule is Cc1c(CP2(=O)OCC(C)(C)CO2)c(C)c(CP2(=O)OCC(C)(C)CO2)c(C)c1CP1(=O)OCC(C)(C)CO1. The molecule has 0 unspecified atom stereocenters. The van der Waals surface area contributed by atoms with Gasteiger partial charge < -0.3 is 27.1 Å². The summed E-state index contributed by atoms with van der Waals surface area (Å²) in [7, 11) is -10.3. The van der Waals surface area contributed by atoms with Gasteiger partial charge in [-0.15, -0.1) is 0 Å². The Morgan fingerprint density at radius 1 is 0.462 bits per heavy atom. The first-order valence-corrected chi connectivity index (χ1v) is 18.7. The molecule has 3 saturated heterocycles. The highest BCUT2D eigenvalue weighted by molar-refractivity contribution is 7.53. The molecule has 12 heteroatoms. The molecule has 0 N–H and O–H groups in total. The van der Waals surface area contributed by atoms with Crippen molar-refractivity contribution in [2.75, 3.05) is 39.6 Å². The van der Waals surface area contributed by atoms with E-state index in [2.05, 4.69) is 0 Å². The highest BCUT2D eigenvalue weighted by Crippen LogP contribution is 2.61. The Hall–Kier alpha value is -0.330. The van der Waals surface area contributed by atoms with Gasteiger partial charge in [-0.25, -0.2) is 0 Å². The van der Waals surface area contributed by atoms with Crippen LogP contribution in [-0.4, -0.2) is 39.6 Å². The average molecular weight is 607 g/mol. The molecule has 0 spiro atoms. The maximum Gasteiger partial charge on any atom is 0.335 e. The molecule has 0 atom stereocenters. The second kappa shape index (κ2) is 10.7. The van der Waals surface area contributed by atoms with Gasteiger partial charge in [0, 0.05) is 16.2 Å². The van der Waals surface area contributed by atoms with Gasteiger partial charge in [0.05, 0.1) is 58.1 Å². The molecular formula is C27H45O9P3. The lowest BCUT2D eigenvalue weighted by Gasteiger charge is -2.36. The lowest BCUT2D eigenvalue weighted by molar-refractivity contribution is 0.0408. The largest absolute Gasteiger partial charge is 0.335 e. The zero-order valence-corrected chi connectivity index (χ0v) is 27.6. The van der Waals surface area contributed by atoms with Gasteiger partial charge in [-0.05, 0) is 54.2 Å². The van der Waals surface area contributed by atoms with E-state index < -0.39 is 22.8 Å². The van der Waals surface area contributed by atoms with Crippen LogP contribution in [0.2, 0.25) is 0 Å². The minimum Gasteiger partial charge on any atom is -0.308 e. The first-order chi connectivity index (χ1) is 17.8. The summed E-state index contributed by atoms with van der Waals surface area (Å²) >= 11 is 0. The summed E-state index contributed by atoms with van der Waals surface area (Å²) in [6, 6.07) is 0. The van der Waals surface area contributed by atoms with E-state index in [-0.39, 0.29) is 34.7 Å². The van der Waals surface area contributed by atoms with Crippen molar-refractivity contribution in [2.45, 2.75) is 80.8 Å². The van der Waals surface area contributed by atoms with Gasteiger partial charge in [0.25, 0.3) is 0 Å². The van der Waals surface area contributed by atoms with E-state index in [9.17, 15) is 13.7 Å². The van der Waals surface area contributed by atoms with Crippen LogP contribution in [0.3, 0.4) is 0 Å². The predicted octanol–water partition coefficient (Wildman–Crippen LogP) is 7.91. The second-order valence-corrected chi connectivity index (χ2v) is 19.9. The van der Waals surface area contributed by atoms with E-state index >= 15 is 0 Å². The van der Waals surface area contributed by atoms with Crippen LogP contribution in [0, 0.1) is 37.0 Å². The number of hydrogen-bond donors (Lipinski definition) is 0. The second-order valence-electron chi connectivity index (χ2n) is 13.8. The smallest absolute Gasteiger partial charge is 0.308 e. The number of benzene rings is 1. The van der Waals surface area contributed by atoms with Crippen molar-refractivity contribution in [1.29, 1.82) is 0 Å². The molecular weight excluding hydrogens is 561 g/mol. The van der Waals surface area contributed by atoms with Crippen LogP contribution < -0.4 is 0 Å². The van der Waals surface area contributed by atoms with Gasteiger partial charge in [-0.3, -0.25) is 13.7 Å². The molecule has 1 aromatic carbocycles. The number of rotatable bonds is 6. The lowest BCUT2D eigenvalue weighted by atomic mass is 9.90. The molecule has 3 fully saturated rings. The Morgan fingerprint density at radius 2 is 0.641 bits per heavy atom. The Labute approximate surface area is 233 Å². The molecule has 0 saturated carbocycles. The van der Waals surface area contributed by atoms with Crippen molar-refractivity contribution >= 4 is 22.8 Å². The van der Waals surface area contributed by atoms with Crippen LogP contribution in [-0.2, 0) is 59.3 Å². The normalized spacial score (nSPS) is 26.7. The van der Waals surface area contributed by atoms with E-state index in [1.807, 2.05) is 62.3 Å². The van der Waals surface area contributed by atoms with Crippen molar-refractivity contribution < 1.29 is 40.8 Å². The first-order valence-electron chi connectivity index (χ1n) is 13.5. The maximum absolute atomic E-state index is 13.7. The average Bonchev–Trinajstić information content (AvgIpc) is 2.85. The third kappa shape index (κ3) is 7.37. The summed E-state index contributed by atoms with van der Waals surface area (Å²) in [6.07, 6.45) is 0.164. The summed E-state index contributed by atoms with van der Waals surface area (Å²) < 4.78 is 76.0. The highest BCUT2D eigenvalue weighted by Gasteiger charge is 2.42. The summed E-state index contributed by atoms with van der Waals surface area (Å²) in [5.74, 6) is 0. The first kappa shape index (κ1) is 31.6. The van der Waals surface area contributed by atoms with Crippen molar-refractivity contribution in [1.82, 2.24) is 0 Å². The van der Waals surface area contributed by atoms with Gasteiger partial charge in [-0.2, -0.15) is 0 Å². The molecule has 0 bridgehead atoms. The summed E-state index contributed by atoms with van der Waals surface area (Å²) in [5.41, 5.74) is 4.10. The molecule has 0 aromatic heterocycles. The maximum atomic E-state index is 13.7. The van der Waals surface area contributed by atoms with Crippen LogP contribution in [0.5, 0.6) is 0 Å². The Bertz CT molecular complexity index is 1050. The molecule has 39 heavy (non-hydrogen) atoms. The summed E-state index contributed by atoms with van der Waals surface area (Å²) in [5, 5.41) is 0. The molecule has 9 nitrogen and oxygen atoms in total. The third-order valence-electron chi connectivity index (χ3n) is 7.68. The molecule has 3 aliphatic heterocycles. The van der Waals surface area contributed by atoms with E-state index in [1.165, 1.54) is 0 Å².